The minimum atomic E-state index is -0.665. The number of unbranched alkanes of at least 4 members (excludes halogenated alkanes) is 2. The highest BCUT2D eigenvalue weighted by Crippen LogP contribution is 2.67. The van der Waals surface area contributed by atoms with Crippen LogP contribution in [0, 0.1) is 66.6 Å². The van der Waals surface area contributed by atoms with Gasteiger partial charge in [0.15, 0.2) is 0 Å². The summed E-state index contributed by atoms with van der Waals surface area (Å²) in [6, 6.07) is 4.02. The Labute approximate surface area is 341 Å². The van der Waals surface area contributed by atoms with Crippen LogP contribution >= 0.6 is 0 Å². The molecular formula is C45H72N6O6. The fraction of sp³-hybridized carbons (Fsp3) is 0.778. The van der Waals surface area contributed by atoms with E-state index in [0.717, 1.165) is 67.4 Å². The Balaban J connectivity index is 0.914. The lowest BCUT2D eigenvalue weighted by Crippen LogP contribution is -2.51. The number of benzene rings is 1. The molecule has 0 saturated heterocycles. The lowest BCUT2D eigenvalue weighted by atomic mass is 9.47. The van der Waals surface area contributed by atoms with Gasteiger partial charge < -0.3 is 21.3 Å². The third-order valence-electron chi connectivity index (χ3n) is 14.9. The van der Waals surface area contributed by atoms with Crippen molar-refractivity contribution >= 4 is 28.9 Å². The van der Waals surface area contributed by atoms with Crippen LogP contribution in [-0.2, 0) is 9.59 Å². The molecule has 4 aliphatic carbocycles. The van der Waals surface area contributed by atoms with E-state index in [1.807, 2.05) is 0 Å². The molecule has 5 rings (SSSR count). The van der Waals surface area contributed by atoms with Crippen LogP contribution in [0.1, 0.15) is 144 Å². The fourth-order valence-electron chi connectivity index (χ4n) is 11.7. The second-order valence-corrected chi connectivity index (χ2v) is 18.9. The third kappa shape index (κ3) is 11.4. The maximum absolute atomic E-state index is 12.4. The molecule has 4 aliphatic rings. The summed E-state index contributed by atoms with van der Waals surface area (Å²) in [5.41, 5.74) is 2.16. The Hall–Kier alpha value is -3.54. The molecule has 0 radical (unpaired) electrons. The average molecular weight is 793 g/mol. The van der Waals surface area contributed by atoms with Crippen LogP contribution in [0.25, 0.3) is 0 Å². The summed E-state index contributed by atoms with van der Waals surface area (Å²) < 4.78 is 0. The number of carbonyl (C=O) groups is 2. The monoisotopic (exact) mass is 793 g/mol. The van der Waals surface area contributed by atoms with Gasteiger partial charge in [0, 0.05) is 44.6 Å². The molecule has 0 bridgehead atoms. The zero-order valence-electron chi connectivity index (χ0n) is 35.5. The number of amides is 2. The van der Waals surface area contributed by atoms with Crippen molar-refractivity contribution < 1.29 is 19.4 Å². The molecule has 0 unspecified atom stereocenters. The maximum atomic E-state index is 12.4. The molecule has 12 nitrogen and oxygen atoms in total. The molecule has 1 aromatic rings. The Bertz CT molecular complexity index is 1580. The Morgan fingerprint density at radius 1 is 0.807 bits per heavy atom. The number of nitro benzene ring substituents is 2. The van der Waals surface area contributed by atoms with E-state index in [2.05, 4.69) is 62.0 Å². The van der Waals surface area contributed by atoms with Crippen LogP contribution in [-0.4, -0.2) is 53.9 Å². The van der Waals surface area contributed by atoms with Gasteiger partial charge in [0.2, 0.25) is 11.8 Å². The summed E-state index contributed by atoms with van der Waals surface area (Å²) in [5, 5.41) is 34.8. The van der Waals surface area contributed by atoms with Crippen LogP contribution in [0.15, 0.2) is 29.8 Å². The average Bonchev–Trinajstić information content (AvgIpc) is 3.53. The zero-order chi connectivity index (χ0) is 41.2. The van der Waals surface area contributed by atoms with Crippen molar-refractivity contribution in [1.29, 1.82) is 0 Å². The fourth-order valence-corrected chi connectivity index (χ4v) is 11.7. The molecule has 4 N–H and O–H groups in total. The molecule has 0 spiro atoms. The van der Waals surface area contributed by atoms with Crippen LogP contribution in [0.4, 0.5) is 17.1 Å². The van der Waals surface area contributed by atoms with Gasteiger partial charge in [-0.25, -0.2) is 0 Å². The van der Waals surface area contributed by atoms with E-state index in [1.165, 1.54) is 76.3 Å². The number of nitrogens with zero attached hydrogens (tertiary/aromatic N) is 2. The standard InChI is InChI=1S/C45H72N6O6/c1-31(2)11-9-12-32(3)37-17-18-38-36-16-14-33-29-34(20-23-44(33,4)39(36)21-24-45(37,38)5)46-26-10-27-48-43(53)22-28-49-42(52)13-7-6-8-25-47-40-19-15-35(50(54)55)30-41(40)51(56)57/h14-15,19,30-32,34,36-39,46-47H,6-13,16-18,20-29H2,1-5H3,(H,48,53)(H,49,52)/t32-,34+,36+,37-,38+,39+,44+,45-/m1/s1. The summed E-state index contributed by atoms with van der Waals surface area (Å²) in [6.07, 6.45) is 21.0. The van der Waals surface area contributed by atoms with Gasteiger partial charge in [-0.3, -0.25) is 29.8 Å². The lowest BCUT2D eigenvalue weighted by Gasteiger charge is -2.58. The zero-order valence-corrected chi connectivity index (χ0v) is 35.5. The second kappa shape index (κ2) is 20.4. The van der Waals surface area contributed by atoms with Gasteiger partial charge in [0.25, 0.3) is 11.4 Å². The van der Waals surface area contributed by atoms with E-state index in [0.29, 0.717) is 55.8 Å². The van der Waals surface area contributed by atoms with E-state index >= 15 is 0 Å². The van der Waals surface area contributed by atoms with Crippen molar-refractivity contribution in [2.75, 3.05) is 31.5 Å². The first-order valence-corrected chi connectivity index (χ1v) is 22.4. The summed E-state index contributed by atoms with van der Waals surface area (Å²) in [5.74, 6) is 5.00. The molecular weight excluding hydrogens is 721 g/mol. The number of anilines is 1. The number of hydrogen-bond donors (Lipinski definition) is 4. The van der Waals surface area contributed by atoms with Gasteiger partial charge in [-0.05, 0) is 130 Å². The quantitative estimate of drug-likeness (QED) is 0.0390. The molecule has 12 heteroatoms. The number of nitrogens with one attached hydrogen (secondary N) is 4. The van der Waals surface area contributed by atoms with Crippen LogP contribution < -0.4 is 21.3 Å². The number of hydrogen-bond acceptors (Lipinski definition) is 8. The molecule has 3 saturated carbocycles. The summed E-state index contributed by atoms with van der Waals surface area (Å²) in [6.45, 7) is 14.8. The number of nitro groups is 2. The Morgan fingerprint density at radius 2 is 1.58 bits per heavy atom. The Morgan fingerprint density at radius 3 is 2.33 bits per heavy atom. The number of allylic oxidation sites excluding steroid dienone is 1. The SMILES string of the molecule is CC(C)CCC[C@@H](C)[C@H]1CC[C@H]2[C@@H]3CC=C4C[C@@H](NCCCNC(=O)CCNC(=O)CCCCCNc5ccc([N+](=O)[O-])cc5[N+](=O)[O-])CC[C@]4(C)[C@H]3CC[C@]12C. The summed E-state index contributed by atoms with van der Waals surface area (Å²) >= 11 is 0. The maximum Gasteiger partial charge on any atom is 0.299 e. The second-order valence-electron chi connectivity index (χ2n) is 18.9. The molecule has 0 aliphatic heterocycles. The molecule has 0 heterocycles. The van der Waals surface area contributed by atoms with E-state index < -0.39 is 9.85 Å². The van der Waals surface area contributed by atoms with Crippen molar-refractivity contribution in [2.24, 2.45) is 46.3 Å². The minimum Gasteiger partial charge on any atom is -0.379 e. The van der Waals surface area contributed by atoms with E-state index in [1.54, 1.807) is 5.57 Å². The Kier molecular flexibility index (Phi) is 16.0. The smallest absolute Gasteiger partial charge is 0.299 e. The van der Waals surface area contributed by atoms with Crippen molar-refractivity contribution in [2.45, 2.75) is 150 Å². The number of fused-ring (bicyclic) bond motifs is 5. The third-order valence-corrected chi connectivity index (χ3v) is 14.9. The molecule has 2 amide bonds. The summed E-state index contributed by atoms with van der Waals surface area (Å²) in [4.78, 5) is 45.5. The van der Waals surface area contributed by atoms with Crippen LogP contribution in [0.2, 0.25) is 0 Å². The van der Waals surface area contributed by atoms with Gasteiger partial charge in [0.1, 0.15) is 5.69 Å². The van der Waals surface area contributed by atoms with Crippen molar-refractivity contribution in [1.82, 2.24) is 16.0 Å². The number of rotatable bonds is 22. The van der Waals surface area contributed by atoms with Gasteiger partial charge in [-0.1, -0.05) is 72.0 Å². The first-order valence-electron chi connectivity index (χ1n) is 22.4. The first kappa shape index (κ1) is 44.6. The largest absolute Gasteiger partial charge is 0.379 e. The van der Waals surface area contributed by atoms with Gasteiger partial charge in [-0.15, -0.1) is 0 Å². The number of non-ortho nitro benzene ring substituents is 1. The molecule has 8 atom stereocenters. The van der Waals surface area contributed by atoms with Crippen molar-refractivity contribution in [3.8, 4) is 0 Å². The predicted octanol–water partition coefficient (Wildman–Crippen LogP) is 9.49. The highest BCUT2D eigenvalue weighted by Gasteiger charge is 2.59. The highest BCUT2D eigenvalue weighted by atomic mass is 16.6. The lowest BCUT2D eigenvalue weighted by molar-refractivity contribution is -0.393. The van der Waals surface area contributed by atoms with Gasteiger partial charge in [-0.2, -0.15) is 0 Å². The topological polar surface area (TPSA) is 169 Å². The number of carbonyl (C=O) groups excluding carboxylic acids is 2. The van der Waals surface area contributed by atoms with E-state index in [4.69, 9.17) is 0 Å². The molecule has 318 valence electrons. The molecule has 57 heavy (non-hydrogen) atoms. The van der Waals surface area contributed by atoms with E-state index in [-0.39, 0.29) is 35.3 Å². The first-order chi connectivity index (χ1) is 27.2. The molecule has 3 fully saturated rings. The minimum absolute atomic E-state index is 0.0604. The van der Waals surface area contributed by atoms with Gasteiger partial charge in [0.05, 0.1) is 15.9 Å². The van der Waals surface area contributed by atoms with E-state index in [9.17, 15) is 29.8 Å². The highest BCUT2D eigenvalue weighted by molar-refractivity contribution is 5.78. The van der Waals surface area contributed by atoms with Crippen molar-refractivity contribution in [3.63, 3.8) is 0 Å². The normalized spacial score (nSPS) is 28.4. The summed E-state index contributed by atoms with van der Waals surface area (Å²) in [7, 11) is 0. The van der Waals surface area contributed by atoms with Crippen LogP contribution in [0.5, 0.6) is 0 Å². The predicted molar refractivity (Wildman–Crippen MR) is 227 cm³/mol. The van der Waals surface area contributed by atoms with Crippen LogP contribution in [0.3, 0.4) is 0 Å². The molecule has 1 aromatic carbocycles. The molecule has 0 aromatic heterocycles. The van der Waals surface area contributed by atoms with Crippen molar-refractivity contribution in [3.05, 3.63) is 50.1 Å². The van der Waals surface area contributed by atoms with Gasteiger partial charge >= 0.3 is 0 Å².